The lowest BCUT2D eigenvalue weighted by Crippen LogP contribution is -2.46. The number of fused-ring (bicyclic) bond motifs is 1. The Hall–Kier alpha value is -0.0800. The predicted octanol–water partition coefficient (Wildman–Crippen LogP) is 2.87. The quantitative estimate of drug-likeness (QED) is 0.816. The summed E-state index contributed by atoms with van der Waals surface area (Å²) in [7, 11) is 0. The lowest BCUT2D eigenvalue weighted by atomic mass is 9.75. The van der Waals surface area contributed by atoms with E-state index in [-0.39, 0.29) is 0 Å². The summed E-state index contributed by atoms with van der Waals surface area (Å²) in [4.78, 5) is 2.64. The second kappa shape index (κ2) is 6.19. The molecule has 100 valence electrons. The zero-order valence-electron chi connectivity index (χ0n) is 11.7. The molecule has 1 aliphatic heterocycles. The maximum atomic E-state index is 6.23. The average molecular weight is 238 g/mol. The molecule has 0 radical (unpaired) electrons. The van der Waals surface area contributed by atoms with Gasteiger partial charge in [-0.15, -0.1) is 0 Å². The van der Waals surface area contributed by atoms with Gasteiger partial charge in [0.2, 0.25) is 0 Å². The third-order valence-electron chi connectivity index (χ3n) is 4.64. The minimum Gasteiger partial charge on any atom is -0.327 e. The molecule has 17 heavy (non-hydrogen) atoms. The van der Waals surface area contributed by atoms with Gasteiger partial charge >= 0.3 is 0 Å². The van der Waals surface area contributed by atoms with Crippen LogP contribution in [-0.4, -0.2) is 30.6 Å². The Morgan fingerprint density at radius 2 is 1.82 bits per heavy atom. The standard InChI is InChI=1S/C15H30N2/c1-12(2)9-15(16)11-17-8-7-13-5-3-4-6-14(13)10-17/h12-15H,3-11,16H2,1-2H3/t13-,14-,15-/m0/s1. The van der Waals surface area contributed by atoms with Crippen molar-refractivity contribution in [2.24, 2.45) is 23.5 Å². The van der Waals surface area contributed by atoms with Crippen LogP contribution in [0.3, 0.4) is 0 Å². The minimum atomic E-state index is 0.384. The summed E-state index contributed by atoms with van der Waals surface area (Å²) in [6.45, 7) is 8.30. The van der Waals surface area contributed by atoms with Gasteiger partial charge in [-0.2, -0.15) is 0 Å². The minimum absolute atomic E-state index is 0.384. The highest BCUT2D eigenvalue weighted by Gasteiger charge is 2.31. The van der Waals surface area contributed by atoms with E-state index in [1.807, 2.05) is 0 Å². The fourth-order valence-electron chi connectivity index (χ4n) is 3.85. The molecule has 2 fully saturated rings. The Morgan fingerprint density at radius 3 is 2.53 bits per heavy atom. The van der Waals surface area contributed by atoms with Crippen LogP contribution < -0.4 is 5.73 Å². The van der Waals surface area contributed by atoms with E-state index in [4.69, 9.17) is 5.73 Å². The molecule has 2 heteroatoms. The van der Waals surface area contributed by atoms with Crippen molar-refractivity contribution in [2.75, 3.05) is 19.6 Å². The first-order valence-corrected chi connectivity index (χ1v) is 7.63. The van der Waals surface area contributed by atoms with Crippen LogP contribution in [-0.2, 0) is 0 Å². The molecule has 0 spiro atoms. The fourth-order valence-corrected chi connectivity index (χ4v) is 3.85. The number of piperidine rings is 1. The Balaban J connectivity index is 1.75. The average Bonchev–Trinajstić information content (AvgIpc) is 2.27. The molecule has 2 N–H and O–H groups in total. The van der Waals surface area contributed by atoms with E-state index in [0.29, 0.717) is 6.04 Å². The zero-order chi connectivity index (χ0) is 12.3. The Kier molecular flexibility index (Phi) is 4.87. The number of hydrogen-bond acceptors (Lipinski definition) is 2. The van der Waals surface area contributed by atoms with Gasteiger partial charge in [-0.1, -0.05) is 33.1 Å². The summed E-state index contributed by atoms with van der Waals surface area (Å²) in [5, 5.41) is 0. The van der Waals surface area contributed by atoms with Gasteiger partial charge in [0.15, 0.2) is 0 Å². The number of nitrogens with two attached hydrogens (primary N) is 1. The smallest absolute Gasteiger partial charge is 0.0170 e. The lowest BCUT2D eigenvalue weighted by molar-refractivity contribution is 0.0813. The van der Waals surface area contributed by atoms with Crippen LogP contribution in [0.4, 0.5) is 0 Å². The monoisotopic (exact) mass is 238 g/mol. The molecular weight excluding hydrogens is 208 g/mol. The predicted molar refractivity (Wildman–Crippen MR) is 73.9 cm³/mol. The third-order valence-corrected chi connectivity index (χ3v) is 4.64. The molecule has 0 unspecified atom stereocenters. The summed E-state index contributed by atoms with van der Waals surface area (Å²) < 4.78 is 0. The largest absolute Gasteiger partial charge is 0.327 e. The second-order valence-corrected chi connectivity index (χ2v) is 6.74. The maximum Gasteiger partial charge on any atom is 0.0170 e. The van der Waals surface area contributed by atoms with Crippen molar-refractivity contribution in [3.63, 3.8) is 0 Å². The molecule has 1 saturated carbocycles. The Morgan fingerprint density at radius 1 is 1.12 bits per heavy atom. The Labute approximate surface area is 107 Å². The molecule has 2 rings (SSSR count). The number of rotatable bonds is 4. The van der Waals surface area contributed by atoms with Crippen molar-refractivity contribution in [1.82, 2.24) is 4.90 Å². The first-order chi connectivity index (χ1) is 8.15. The van der Waals surface area contributed by atoms with Gasteiger partial charge in [0.25, 0.3) is 0 Å². The van der Waals surface area contributed by atoms with Crippen LogP contribution in [0.1, 0.15) is 52.4 Å². The van der Waals surface area contributed by atoms with Gasteiger partial charge < -0.3 is 10.6 Å². The lowest BCUT2D eigenvalue weighted by Gasteiger charge is -2.42. The normalized spacial score (nSPS) is 32.5. The summed E-state index contributed by atoms with van der Waals surface area (Å²) in [5.41, 5.74) is 6.23. The van der Waals surface area contributed by atoms with Gasteiger partial charge in [0.1, 0.15) is 0 Å². The van der Waals surface area contributed by atoms with Gasteiger partial charge in [0, 0.05) is 19.1 Å². The van der Waals surface area contributed by atoms with E-state index in [1.165, 1.54) is 51.6 Å². The zero-order valence-corrected chi connectivity index (χ0v) is 11.7. The molecule has 2 aliphatic rings. The van der Waals surface area contributed by atoms with Crippen molar-refractivity contribution in [1.29, 1.82) is 0 Å². The van der Waals surface area contributed by atoms with E-state index in [9.17, 15) is 0 Å². The van der Waals surface area contributed by atoms with Crippen molar-refractivity contribution in [2.45, 2.75) is 58.4 Å². The van der Waals surface area contributed by atoms with Crippen LogP contribution in [0.15, 0.2) is 0 Å². The van der Waals surface area contributed by atoms with Gasteiger partial charge in [-0.05, 0) is 43.6 Å². The van der Waals surface area contributed by atoms with Gasteiger partial charge in [0.05, 0.1) is 0 Å². The Bertz CT molecular complexity index is 227. The van der Waals surface area contributed by atoms with Crippen molar-refractivity contribution >= 4 is 0 Å². The molecule has 0 amide bonds. The SMILES string of the molecule is CC(C)C[C@H](N)CN1CC[C@@H]2CCCC[C@H]2C1. The van der Waals surface area contributed by atoms with Crippen molar-refractivity contribution in [3.05, 3.63) is 0 Å². The first-order valence-electron chi connectivity index (χ1n) is 7.63. The summed E-state index contributed by atoms with van der Waals surface area (Å²) in [6, 6.07) is 0.384. The van der Waals surface area contributed by atoms with E-state index in [2.05, 4.69) is 18.7 Å². The van der Waals surface area contributed by atoms with Crippen molar-refractivity contribution < 1.29 is 0 Å². The molecule has 1 saturated heterocycles. The maximum absolute atomic E-state index is 6.23. The highest BCUT2D eigenvalue weighted by Crippen LogP contribution is 2.35. The summed E-state index contributed by atoms with van der Waals surface area (Å²) in [5.74, 6) is 2.77. The van der Waals surface area contributed by atoms with Gasteiger partial charge in [-0.25, -0.2) is 0 Å². The number of nitrogens with zero attached hydrogens (tertiary/aromatic N) is 1. The molecule has 1 heterocycles. The molecule has 1 aliphatic carbocycles. The van der Waals surface area contributed by atoms with E-state index in [0.717, 1.165) is 24.3 Å². The molecule has 0 aromatic rings. The molecule has 3 atom stereocenters. The first kappa shape index (κ1) is 13.4. The third kappa shape index (κ3) is 3.96. The van der Waals surface area contributed by atoms with Crippen LogP contribution in [0.5, 0.6) is 0 Å². The van der Waals surface area contributed by atoms with E-state index < -0.39 is 0 Å². The van der Waals surface area contributed by atoms with Crippen LogP contribution in [0.25, 0.3) is 0 Å². The highest BCUT2D eigenvalue weighted by molar-refractivity contribution is 4.84. The second-order valence-electron chi connectivity index (χ2n) is 6.74. The molecule has 0 aromatic carbocycles. The summed E-state index contributed by atoms with van der Waals surface area (Å²) >= 11 is 0. The number of likely N-dealkylation sites (tertiary alicyclic amines) is 1. The van der Waals surface area contributed by atoms with Crippen LogP contribution >= 0.6 is 0 Å². The van der Waals surface area contributed by atoms with E-state index in [1.54, 1.807) is 0 Å². The topological polar surface area (TPSA) is 29.3 Å². The van der Waals surface area contributed by atoms with Crippen LogP contribution in [0, 0.1) is 17.8 Å². The molecule has 0 bridgehead atoms. The highest BCUT2D eigenvalue weighted by atomic mass is 15.1. The van der Waals surface area contributed by atoms with Gasteiger partial charge in [-0.3, -0.25) is 0 Å². The molecule has 2 nitrogen and oxygen atoms in total. The van der Waals surface area contributed by atoms with Crippen molar-refractivity contribution in [3.8, 4) is 0 Å². The molecule has 0 aromatic heterocycles. The number of hydrogen-bond donors (Lipinski definition) is 1. The fraction of sp³-hybridized carbons (Fsp3) is 1.00. The summed E-state index contributed by atoms with van der Waals surface area (Å²) in [6.07, 6.45) is 8.52. The van der Waals surface area contributed by atoms with E-state index >= 15 is 0 Å². The van der Waals surface area contributed by atoms with Crippen LogP contribution in [0.2, 0.25) is 0 Å². The molecular formula is C15H30N2.